The number of hydrogen-bond donors (Lipinski definition) is 0. The van der Waals surface area contributed by atoms with E-state index in [9.17, 15) is 28.8 Å². The molecule has 0 saturated heterocycles. The maximum absolute atomic E-state index is 13.0. The first-order valence-corrected chi connectivity index (χ1v) is 11.4. The highest BCUT2D eigenvalue weighted by molar-refractivity contribution is 6.02. The van der Waals surface area contributed by atoms with Crippen molar-refractivity contribution in [1.29, 1.82) is 0 Å². The van der Waals surface area contributed by atoms with Crippen molar-refractivity contribution >= 4 is 36.8 Å². The Kier molecular flexibility index (Phi) is 8.13. The van der Waals surface area contributed by atoms with Gasteiger partial charge in [-0.25, -0.2) is 14.4 Å². The molecule has 9 heteroatoms. The van der Waals surface area contributed by atoms with Gasteiger partial charge in [0.15, 0.2) is 18.9 Å². The van der Waals surface area contributed by atoms with Gasteiger partial charge in [-0.1, -0.05) is 36.4 Å². The molecule has 0 amide bonds. The molecule has 0 aromatic heterocycles. The van der Waals surface area contributed by atoms with Crippen LogP contribution in [0.15, 0.2) is 91.0 Å². The molecule has 9 nitrogen and oxygen atoms in total. The molecule has 0 aliphatic heterocycles. The molecule has 4 aromatic carbocycles. The van der Waals surface area contributed by atoms with Crippen molar-refractivity contribution in [2.24, 2.45) is 0 Å². The van der Waals surface area contributed by atoms with Crippen LogP contribution >= 0.6 is 0 Å². The van der Waals surface area contributed by atoms with Gasteiger partial charge in [-0.15, -0.1) is 0 Å². The average molecular weight is 522 g/mol. The van der Waals surface area contributed by atoms with E-state index < -0.39 is 17.9 Å². The molecule has 0 saturated carbocycles. The minimum Gasteiger partial charge on any atom is -0.422 e. The second-order valence-electron chi connectivity index (χ2n) is 7.93. The fourth-order valence-electron chi connectivity index (χ4n) is 3.47. The van der Waals surface area contributed by atoms with E-state index in [1.807, 2.05) is 0 Å². The average Bonchev–Trinajstić information content (AvgIpc) is 2.97. The van der Waals surface area contributed by atoms with Gasteiger partial charge in [-0.3, -0.25) is 14.4 Å². The van der Waals surface area contributed by atoms with Gasteiger partial charge in [-0.05, 0) is 54.6 Å². The highest BCUT2D eigenvalue weighted by atomic mass is 16.5. The molecule has 0 radical (unpaired) electrons. The molecule has 0 heterocycles. The van der Waals surface area contributed by atoms with Gasteiger partial charge in [0, 0.05) is 0 Å². The lowest BCUT2D eigenvalue weighted by atomic mass is 10.1. The predicted molar refractivity (Wildman–Crippen MR) is 137 cm³/mol. The smallest absolute Gasteiger partial charge is 0.343 e. The van der Waals surface area contributed by atoms with Crippen LogP contribution in [0.1, 0.15) is 62.1 Å². The number of esters is 3. The highest BCUT2D eigenvalue weighted by Crippen LogP contribution is 2.23. The molecule has 0 N–H and O–H groups in total. The van der Waals surface area contributed by atoms with Crippen molar-refractivity contribution in [2.45, 2.75) is 0 Å². The Balaban J connectivity index is 1.72. The lowest BCUT2D eigenvalue weighted by Gasteiger charge is -2.12. The van der Waals surface area contributed by atoms with E-state index >= 15 is 0 Å². The van der Waals surface area contributed by atoms with E-state index in [0.29, 0.717) is 18.9 Å². The Bertz CT molecular complexity index is 1400. The van der Waals surface area contributed by atoms with Crippen LogP contribution in [0.3, 0.4) is 0 Å². The Hall–Kier alpha value is -5.70. The van der Waals surface area contributed by atoms with Crippen LogP contribution in [0.2, 0.25) is 0 Å². The van der Waals surface area contributed by atoms with E-state index in [4.69, 9.17) is 14.2 Å². The van der Waals surface area contributed by atoms with Gasteiger partial charge in [0.2, 0.25) is 0 Å². The van der Waals surface area contributed by atoms with E-state index in [1.54, 1.807) is 36.4 Å². The van der Waals surface area contributed by atoms with Crippen molar-refractivity contribution in [2.75, 3.05) is 0 Å². The molecule has 0 aliphatic rings. The molecule has 4 aromatic rings. The molecule has 39 heavy (non-hydrogen) atoms. The van der Waals surface area contributed by atoms with Crippen LogP contribution in [0.4, 0.5) is 0 Å². The number of carbonyl (C=O) groups excluding carboxylic acids is 6. The maximum Gasteiger partial charge on any atom is 0.343 e. The number of carbonyl (C=O) groups is 6. The van der Waals surface area contributed by atoms with Gasteiger partial charge < -0.3 is 14.2 Å². The van der Waals surface area contributed by atoms with Crippen LogP contribution in [0.5, 0.6) is 17.2 Å². The van der Waals surface area contributed by atoms with E-state index in [2.05, 4.69) is 0 Å². The number of ether oxygens (including phenoxy) is 3. The van der Waals surface area contributed by atoms with Gasteiger partial charge in [0.1, 0.15) is 17.2 Å². The summed E-state index contributed by atoms with van der Waals surface area (Å²) in [6.45, 7) is 0. The van der Waals surface area contributed by atoms with Crippen LogP contribution in [0.25, 0.3) is 0 Å². The van der Waals surface area contributed by atoms with E-state index in [1.165, 1.54) is 36.4 Å². The zero-order chi connectivity index (χ0) is 27.8. The quantitative estimate of drug-likeness (QED) is 0.173. The summed E-state index contributed by atoms with van der Waals surface area (Å²) >= 11 is 0. The Morgan fingerprint density at radius 3 is 0.949 bits per heavy atom. The summed E-state index contributed by atoms with van der Waals surface area (Å²) in [6, 6.07) is 21.4. The minimum absolute atomic E-state index is 0.0329. The first-order chi connectivity index (χ1) is 18.9. The number of aldehydes is 3. The molecule has 0 fully saturated rings. The summed E-state index contributed by atoms with van der Waals surface area (Å²) in [4.78, 5) is 73.0. The third-order valence-electron chi connectivity index (χ3n) is 5.39. The zero-order valence-electron chi connectivity index (χ0n) is 20.1. The fraction of sp³-hybridized carbons (Fsp3) is 0. The van der Waals surface area contributed by atoms with Gasteiger partial charge in [-0.2, -0.15) is 0 Å². The topological polar surface area (TPSA) is 130 Å². The zero-order valence-corrected chi connectivity index (χ0v) is 20.1. The second-order valence-corrected chi connectivity index (χ2v) is 7.93. The third kappa shape index (κ3) is 6.17. The SMILES string of the molecule is O=Cc1ccccc1OC(=O)c1cc(C(=O)Oc2ccccc2C=O)cc(C(=O)Oc2ccccc2C=O)c1. The summed E-state index contributed by atoms with van der Waals surface area (Å²) < 4.78 is 16.0. The molecular formula is C30H18O9. The number of benzene rings is 4. The standard InChI is InChI=1S/C30H18O9/c31-16-19-7-1-4-10-25(19)37-28(34)22-13-23(29(35)38-26-11-5-2-8-20(26)17-32)15-24(14-22)30(36)39-27-12-6-3-9-21(27)18-33/h1-18H. The van der Waals surface area contributed by atoms with Gasteiger partial charge >= 0.3 is 17.9 Å². The normalized spacial score (nSPS) is 10.2. The summed E-state index contributed by atoms with van der Waals surface area (Å²) in [5.74, 6) is -3.03. The summed E-state index contributed by atoms with van der Waals surface area (Å²) in [7, 11) is 0. The largest absolute Gasteiger partial charge is 0.422 e. The second kappa shape index (κ2) is 12.0. The van der Waals surface area contributed by atoms with Gasteiger partial charge in [0.25, 0.3) is 0 Å². The van der Waals surface area contributed by atoms with Crippen molar-refractivity contribution in [3.05, 3.63) is 124 Å². The number of rotatable bonds is 9. The molecule has 0 spiro atoms. The van der Waals surface area contributed by atoms with Crippen LogP contribution < -0.4 is 14.2 Å². The molecule has 4 rings (SSSR count). The van der Waals surface area contributed by atoms with E-state index in [0.717, 1.165) is 18.2 Å². The van der Waals surface area contributed by atoms with Crippen LogP contribution in [0, 0.1) is 0 Å². The Labute approximate surface area is 221 Å². The highest BCUT2D eigenvalue weighted by Gasteiger charge is 2.22. The summed E-state index contributed by atoms with van der Waals surface area (Å²) in [6.07, 6.45) is 1.52. The van der Waals surface area contributed by atoms with Crippen molar-refractivity contribution < 1.29 is 43.0 Å². The van der Waals surface area contributed by atoms with E-state index in [-0.39, 0.29) is 50.6 Å². The first-order valence-electron chi connectivity index (χ1n) is 11.4. The molecule has 0 bridgehead atoms. The maximum atomic E-state index is 13.0. The lowest BCUT2D eigenvalue weighted by Crippen LogP contribution is -2.17. The van der Waals surface area contributed by atoms with Gasteiger partial charge in [0.05, 0.1) is 33.4 Å². The van der Waals surface area contributed by atoms with Crippen molar-refractivity contribution in [3.8, 4) is 17.2 Å². The van der Waals surface area contributed by atoms with Crippen molar-refractivity contribution in [3.63, 3.8) is 0 Å². The third-order valence-corrected chi connectivity index (χ3v) is 5.39. The lowest BCUT2D eigenvalue weighted by molar-refractivity contribution is 0.0732. The predicted octanol–water partition coefficient (Wildman–Crippen LogP) is 4.78. The summed E-state index contributed by atoms with van der Waals surface area (Å²) in [5.41, 5.74) is -0.371. The van der Waals surface area contributed by atoms with Crippen LogP contribution in [-0.4, -0.2) is 36.8 Å². The molecule has 0 aliphatic carbocycles. The Morgan fingerprint density at radius 2 is 0.692 bits per heavy atom. The molecular weight excluding hydrogens is 504 g/mol. The Morgan fingerprint density at radius 1 is 0.436 bits per heavy atom. The number of hydrogen-bond acceptors (Lipinski definition) is 9. The van der Waals surface area contributed by atoms with Crippen LogP contribution in [-0.2, 0) is 0 Å². The number of para-hydroxylation sites is 3. The molecule has 192 valence electrons. The fourth-order valence-corrected chi connectivity index (χ4v) is 3.47. The molecule has 0 unspecified atom stereocenters. The first kappa shape index (κ1) is 26.4. The molecule has 0 atom stereocenters. The summed E-state index contributed by atoms with van der Waals surface area (Å²) in [5, 5.41) is 0. The van der Waals surface area contributed by atoms with Crippen molar-refractivity contribution in [1.82, 2.24) is 0 Å². The monoisotopic (exact) mass is 522 g/mol. The minimum atomic E-state index is -0.977.